The molecule has 0 fully saturated rings. The zero-order valence-corrected chi connectivity index (χ0v) is 17.9. The van der Waals surface area contributed by atoms with Gasteiger partial charge in [0.25, 0.3) is 0 Å². The van der Waals surface area contributed by atoms with Gasteiger partial charge in [-0.1, -0.05) is 12.1 Å². The van der Waals surface area contributed by atoms with Crippen LogP contribution in [0.25, 0.3) is 0 Å². The Bertz CT molecular complexity index is 688. The molecular weight excluding hydrogens is 462 g/mol. The van der Waals surface area contributed by atoms with Gasteiger partial charge in [0.15, 0.2) is 17.5 Å². The molecule has 0 aliphatic rings. The average molecular weight is 488 g/mol. The van der Waals surface area contributed by atoms with E-state index in [1.54, 1.807) is 30.6 Å². The molecule has 0 aliphatic heterocycles. The number of nitrogens with zero attached hydrogens (tertiary/aromatic N) is 2. The van der Waals surface area contributed by atoms with Gasteiger partial charge < -0.3 is 20.1 Å². The third-order valence-corrected chi connectivity index (χ3v) is 3.31. The minimum atomic E-state index is -0.374. The molecule has 0 spiro atoms. The van der Waals surface area contributed by atoms with E-state index in [0.29, 0.717) is 25.7 Å². The predicted molar refractivity (Wildman–Crippen MR) is 116 cm³/mol. The van der Waals surface area contributed by atoms with Crippen molar-refractivity contribution in [1.82, 2.24) is 15.6 Å². The summed E-state index contributed by atoms with van der Waals surface area (Å²) in [6, 6.07) is 10.0. The normalized spacial score (nSPS) is 11.9. The van der Waals surface area contributed by atoms with Gasteiger partial charge in [-0.2, -0.15) is 0 Å². The number of aromatic nitrogens is 1. The third kappa shape index (κ3) is 8.89. The molecule has 148 valence electrons. The molecule has 0 saturated carbocycles. The number of rotatable bonds is 9. The zero-order valence-electron chi connectivity index (χ0n) is 15.5. The van der Waals surface area contributed by atoms with Crippen LogP contribution < -0.4 is 20.1 Å². The monoisotopic (exact) mass is 488 g/mol. The van der Waals surface area contributed by atoms with Crippen molar-refractivity contribution >= 4 is 29.9 Å². The van der Waals surface area contributed by atoms with Crippen molar-refractivity contribution in [3.05, 3.63) is 54.6 Å². The molecule has 2 aromatic rings. The maximum absolute atomic E-state index is 13.6. The number of benzene rings is 1. The Kier molecular flexibility index (Phi) is 11.2. The van der Waals surface area contributed by atoms with E-state index in [9.17, 15) is 4.39 Å². The number of guanidine groups is 1. The second-order valence-corrected chi connectivity index (χ2v) is 5.54. The van der Waals surface area contributed by atoms with Crippen molar-refractivity contribution in [3.63, 3.8) is 0 Å². The van der Waals surface area contributed by atoms with Gasteiger partial charge in [0.2, 0.25) is 0 Å². The van der Waals surface area contributed by atoms with Crippen LogP contribution in [0.4, 0.5) is 4.39 Å². The molecule has 1 heterocycles. The molecule has 6 nitrogen and oxygen atoms in total. The molecule has 1 aromatic carbocycles. The van der Waals surface area contributed by atoms with Crippen LogP contribution in [0.5, 0.6) is 11.5 Å². The van der Waals surface area contributed by atoms with Crippen LogP contribution in [0, 0.1) is 5.82 Å². The first kappa shape index (κ1) is 22.9. The largest absolute Gasteiger partial charge is 0.490 e. The van der Waals surface area contributed by atoms with Crippen molar-refractivity contribution < 1.29 is 13.9 Å². The number of hydrogen-bond acceptors (Lipinski definition) is 4. The van der Waals surface area contributed by atoms with Crippen LogP contribution in [-0.2, 0) is 0 Å². The first-order valence-electron chi connectivity index (χ1n) is 8.65. The van der Waals surface area contributed by atoms with E-state index in [-0.39, 0.29) is 41.6 Å². The number of pyridine rings is 1. The van der Waals surface area contributed by atoms with E-state index in [2.05, 4.69) is 20.6 Å². The van der Waals surface area contributed by atoms with Crippen molar-refractivity contribution in [2.24, 2.45) is 4.99 Å². The first-order valence-corrected chi connectivity index (χ1v) is 8.65. The Balaban J connectivity index is 0.00000364. The Hall–Kier alpha value is -2.10. The van der Waals surface area contributed by atoms with E-state index in [1.165, 1.54) is 6.07 Å². The second-order valence-electron chi connectivity index (χ2n) is 5.54. The van der Waals surface area contributed by atoms with Crippen molar-refractivity contribution in [2.45, 2.75) is 20.0 Å². The van der Waals surface area contributed by atoms with Crippen LogP contribution in [-0.4, -0.2) is 43.3 Å². The fourth-order valence-electron chi connectivity index (χ4n) is 2.13. The molecule has 8 heteroatoms. The predicted octanol–water partition coefficient (Wildman–Crippen LogP) is 3.24. The quantitative estimate of drug-likeness (QED) is 0.246. The number of nitrogens with one attached hydrogen (secondary N) is 2. The molecule has 0 amide bonds. The molecule has 0 radical (unpaired) electrons. The van der Waals surface area contributed by atoms with Gasteiger partial charge in [-0.05, 0) is 38.1 Å². The van der Waals surface area contributed by atoms with Gasteiger partial charge in [-0.15, -0.1) is 24.0 Å². The summed E-state index contributed by atoms with van der Waals surface area (Å²) in [6.07, 6.45) is 3.11. The summed E-state index contributed by atoms with van der Waals surface area (Å²) in [5, 5.41) is 6.34. The van der Waals surface area contributed by atoms with E-state index in [4.69, 9.17) is 9.47 Å². The molecular formula is C19H26FIN4O2. The molecule has 2 rings (SSSR count). The van der Waals surface area contributed by atoms with Crippen LogP contribution in [0.3, 0.4) is 0 Å². The van der Waals surface area contributed by atoms with E-state index < -0.39 is 0 Å². The minimum Gasteiger partial charge on any atom is -0.490 e. The molecule has 2 N–H and O–H groups in total. The van der Waals surface area contributed by atoms with Crippen LogP contribution in [0.15, 0.2) is 53.8 Å². The van der Waals surface area contributed by atoms with Crippen LogP contribution in [0.1, 0.15) is 13.8 Å². The minimum absolute atomic E-state index is 0. The van der Waals surface area contributed by atoms with E-state index in [1.807, 2.05) is 26.0 Å². The lowest BCUT2D eigenvalue weighted by atomic mass is 10.3. The van der Waals surface area contributed by atoms with Crippen molar-refractivity contribution in [2.75, 3.05) is 26.2 Å². The smallest absolute Gasteiger partial charge is 0.191 e. The summed E-state index contributed by atoms with van der Waals surface area (Å²) in [6.45, 7) is 6.04. The number of ether oxygens (including phenoxy) is 2. The number of aliphatic imine (C=N–C) groups is 1. The average Bonchev–Trinajstić information content (AvgIpc) is 2.66. The second kappa shape index (κ2) is 13.1. The Morgan fingerprint density at radius 1 is 1.22 bits per heavy atom. The molecule has 1 atom stereocenters. The lowest BCUT2D eigenvalue weighted by Crippen LogP contribution is -2.40. The number of para-hydroxylation sites is 1. The standard InChI is InChI=1S/C19H25FN4O2.HI/c1-3-22-19(23-11-12-25-16-7-6-10-21-14-16)24-13-15(2)26-18-9-5-4-8-17(18)20;/h4-10,14-15H,3,11-13H2,1-2H3,(H2,22,23,24);1H. The van der Waals surface area contributed by atoms with Gasteiger partial charge in [0.1, 0.15) is 18.5 Å². The summed E-state index contributed by atoms with van der Waals surface area (Å²) in [7, 11) is 0. The first-order chi connectivity index (χ1) is 12.7. The summed E-state index contributed by atoms with van der Waals surface area (Å²) >= 11 is 0. The number of hydrogen-bond donors (Lipinski definition) is 2. The summed E-state index contributed by atoms with van der Waals surface area (Å²) in [5.74, 6) is 1.24. The van der Waals surface area contributed by atoms with Gasteiger partial charge >= 0.3 is 0 Å². The molecule has 0 bridgehead atoms. The fraction of sp³-hybridized carbons (Fsp3) is 0.368. The summed E-state index contributed by atoms with van der Waals surface area (Å²) < 4.78 is 24.8. The van der Waals surface area contributed by atoms with Crippen LogP contribution >= 0.6 is 24.0 Å². The van der Waals surface area contributed by atoms with Crippen LogP contribution in [0.2, 0.25) is 0 Å². The van der Waals surface area contributed by atoms with E-state index >= 15 is 0 Å². The Labute approximate surface area is 176 Å². The Morgan fingerprint density at radius 2 is 2.04 bits per heavy atom. The lowest BCUT2D eigenvalue weighted by Gasteiger charge is -2.15. The molecule has 27 heavy (non-hydrogen) atoms. The topological polar surface area (TPSA) is 67.8 Å². The fourth-order valence-corrected chi connectivity index (χ4v) is 2.13. The highest BCUT2D eigenvalue weighted by atomic mass is 127. The van der Waals surface area contributed by atoms with Gasteiger partial charge in [0.05, 0.1) is 19.3 Å². The third-order valence-electron chi connectivity index (χ3n) is 3.31. The highest BCUT2D eigenvalue weighted by Gasteiger charge is 2.08. The molecule has 0 saturated heterocycles. The molecule has 1 unspecified atom stereocenters. The van der Waals surface area contributed by atoms with Crippen molar-refractivity contribution in [1.29, 1.82) is 0 Å². The number of halogens is 2. The SMILES string of the molecule is CCNC(=NCC(C)Oc1ccccc1F)NCCOc1cccnc1.I. The van der Waals surface area contributed by atoms with Gasteiger partial charge in [0, 0.05) is 12.7 Å². The maximum atomic E-state index is 13.6. The van der Waals surface area contributed by atoms with Gasteiger partial charge in [-0.25, -0.2) is 9.38 Å². The zero-order chi connectivity index (χ0) is 18.6. The lowest BCUT2D eigenvalue weighted by molar-refractivity contribution is 0.220. The highest BCUT2D eigenvalue weighted by Crippen LogP contribution is 2.16. The summed E-state index contributed by atoms with van der Waals surface area (Å²) in [4.78, 5) is 8.46. The highest BCUT2D eigenvalue weighted by molar-refractivity contribution is 14.0. The van der Waals surface area contributed by atoms with Gasteiger partial charge in [-0.3, -0.25) is 4.98 Å². The van der Waals surface area contributed by atoms with Crippen molar-refractivity contribution in [3.8, 4) is 11.5 Å². The molecule has 1 aromatic heterocycles. The van der Waals surface area contributed by atoms with E-state index in [0.717, 1.165) is 12.3 Å². The summed E-state index contributed by atoms with van der Waals surface area (Å²) in [5.41, 5.74) is 0. The molecule has 0 aliphatic carbocycles. The Morgan fingerprint density at radius 3 is 2.74 bits per heavy atom. The maximum Gasteiger partial charge on any atom is 0.191 e.